The van der Waals surface area contributed by atoms with Crippen LogP contribution in [0.5, 0.6) is 0 Å². The Morgan fingerprint density at radius 1 is 1.43 bits per heavy atom. The molecule has 1 unspecified atom stereocenters. The molecule has 1 amide bonds. The van der Waals surface area contributed by atoms with Crippen molar-refractivity contribution in [2.24, 2.45) is 0 Å². The average Bonchev–Trinajstić information content (AvgIpc) is 2.19. The number of hydrogen-bond acceptors (Lipinski definition) is 2. The molecule has 14 heavy (non-hydrogen) atoms. The zero-order valence-corrected chi connectivity index (χ0v) is 10.5. The monoisotopic (exact) mass is 273 g/mol. The molecule has 0 aromatic heterocycles. The molecule has 0 bridgehead atoms. The van der Waals surface area contributed by atoms with Crippen LogP contribution in [-0.2, 0) is 4.79 Å². The number of rotatable bonds is 3. The Labute approximate surface area is 96.6 Å². The fourth-order valence-corrected chi connectivity index (χ4v) is 1.44. The van der Waals surface area contributed by atoms with Crippen molar-refractivity contribution in [3.63, 3.8) is 0 Å². The lowest BCUT2D eigenvalue weighted by molar-refractivity contribution is -0.115. The van der Waals surface area contributed by atoms with Crippen LogP contribution in [0.1, 0.15) is 6.92 Å². The van der Waals surface area contributed by atoms with Crippen LogP contribution in [0.4, 0.5) is 5.69 Å². The van der Waals surface area contributed by atoms with E-state index in [1.807, 2.05) is 30.5 Å². The van der Waals surface area contributed by atoms with Crippen LogP contribution in [0.25, 0.3) is 0 Å². The molecule has 0 aliphatic rings. The van der Waals surface area contributed by atoms with Crippen molar-refractivity contribution >= 4 is 39.3 Å². The molecule has 1 aromatic rings. The van der Waals surface area contributed by atoms with Gasteiger partial charge in [-0.25, -0.2) is 0 Å². The van der Waals surface area contributed by atoms with Gasteiger partial charge in [0, 0.05) is 10.6 Å². The first-order chi connectivity index (χ1) is 6.63. The molecule has 76 valence electrons. The Kier molecular flexibility index (Phi) is 4.48. The molecule has 0 radical (unpaired) electrons. The van der Waals surface area contributed by atoms with Crippen molar-refractivity contribution < 1.29 is 4.79 Å². The number of hydrogen-bond donors (Lipinski definition) is 1. The molecular weight excluding hydrogens is 262 g/mol. The Hall–Kier alpha value is -0.480. The van der Waals surface area contributed by atoms with Gasteiger partial charge in [-0.3, -0.25) is 4.79 Å². The summed E-state index contributed by atoms with van der Waals surface area (Å²) < 4.78 is 0. The number of nitrogens with one attached hydrogen (secondary N) is 1. The molecule has 0 saturated heterocycles. The molecule has 0 spiro atoms. The number of carbonyl (C=O) groups excluding carboxylic acids is 1. The smallest absolute Gasteiger partial charge is 0.237 e. The third kappa shape index (κ3) is 3.35. The van der Waals surface area contributed by atoms with Gasteiger partial charge in [-0.15, -0.1) is 11.8 Å². The highest BCUT2D eigenvalue weighted by molar-refractivity contribution is 9.10. The Morgan fingerprint density at radius 3 is 2.43 bits per heavy atom. The minimum Gasteiger partial charge on any atom is -0.325 e. The van der Waals surface area contributed by atoms with Crippen LogP contribution in [0.3, 0.4) is 0 Å². The number of thioether (sulfide) groups is 1. The maximum Gasteiger partial charge on any atom is 0.237 e. The van der Waals surface area contributed by atoms with Crippen LogP contribution >= 0.6 is 27.7 Å². The average molecular weight is 274 g/mol. The van der Waals surface area contributed by atoms with Crippen molar-refractivity contribution in [3.05, 3.63) is 24.3 Å². The minimum absolute atomic E-state index is 0.0260. The van der Waals surface area contributed by atoms with E-state index in [9.17, 15) is 4.79 Å². The minimum atomic E-state index is -0.164. The second kappa shape index (κ2) is 5.41. The summed E-state index contributed by atoms with van der Waals surface area (Å²) in [5.41, 5.74) is 0.833. The molecule has 0 fully saturated rings. The number of amides is 1. The SMILES string of the molecule is CSc1ccc(NC(=O)C(C)Br)cc1. The number of halogens is 1. The van der Waals surface area contributed by atoms with Crippen LogP contribution in [-0.4, -0.2) is 17.0 Å². The summed E-state index contributed by atoms with van der Waals surface area (Å²) in [5, 5.41) is 2.80. The predicted molar refractivity (Wildman–Crippen MR) is 65.2 cm³/mol. The zero-order chi connectivity index (χ0) is 10.6. The summed E-state index contributed by atoms with van der Waals surface area (Å²) in [7, 11) is 0. The first kappa shape index (κ1) is 11.6. The summed E-state index contributed by atoms with van der Waals surface area (Å²) in [4.78, 5) is 12.3. The molecule has 0 heterocycles. The lowest BCUT2D eigenvalue weighted by Crippen LogP contribution is -2.19. The summed E-state index contributed by atoms with van der Waals surface area (Å²) in [6, 6.07) is 7.77. The van der Waals surface area contributed by atoms with E-state index in [0.717, 1.165) is 5.69 Å². The van der Waals surface area contributed by atoms with Crippen LogP contribution in [0, 0.1) is 0 Å². The van der Waals surface area contributed by atoms with Gasteiger partial charge in [-0.2, -0.15) is 0 Å². The molecule has 0 saturated carbocycles. The van der Waals surface area contributed by atoms with Gasteiger partial charge in [0.25, 0.3) is 0 Å². The standard InChI is InChI=1S/C10H12BrNOS/c1-7(11)10(13)12-8-3-5-9(14-2)6-4-8/h3-7H,1-2H3,(H,12,13). The van der Waals surface area contributed by atoms with E-state index in [2.05, 4.69) is 21.2 Å². The molecular formula is C10H12BrNOS. The van der Waals surface area contributed by atoms with Gasteiger partial charge in [0.15, 0.2) is 0 Å². The maximum atomic E-state index is 11.3. The topological polar surface area (TPSA) is 29.1 Å². The fourth-order valence-electron chi connectivity index (χ4n) is 0.916. The van der Waals surface area contributed by atoms with E-state index in [1.54, 1.807) is 18.7 Å². The van der Waals surface area contributed by atoms with Crippen LogP contribution in [0.2, 0.25) is 0 Å². The number of alkyl halides is 1. The lowest BCUT2D eigenvalue weighted by atomic mass is 10.3. The van der Waals surface area contributed by atoms with E-state index in [1.165, 1.54) is 4.90 Å². The van der Waals surface area contributed by atoms with Gasteiger partial charge in [0.2, 0.25) is 5.91 Å². The molecule has 1 N–H and O–H groups in total. The van der Waals surface area contributed by atoms with Crippen molar-refractivity contribution in [2.75, 3.05) is 11.6 Å². The van der Waals surface area contributed by atoms with Crippen LogP contribution in [0.15, 0.2) is 29.2 Å². The first-order valence-corrected chi connectivity index (χ1v) is 6.36. The third-order valence-corrected chi connectivity index (χ3v) is 2.88. The van der Waals surface area contributed by atoms with E-state index < -0.39 is 0 Å². The number of carbonyl (C=O) groups is 1. The Balaban J connectivity index is 2.64. The highest BCUT2D eigenvalue weighted by atomic mass is 79.9. The van der Waals surface area contributed by atoms with Gasteiger partial charge in [0.1, 0.15) is 0 Å². The van der Waals surface area contributed by atoms with Gasteiger partial charge in [0.05, 0.1) is 4.83 Å². The highest BCUT2D eigenvalue weighted by Gasteiger charge is 2.07. The van der Waals surface area contributed by atoms with Crippen molar-refractivity contribution in [1.82, 2.24) is 0 Å². The van der Waals surface area contributed by atoms with Crippen molar-refractivity contribution in [1.29, 1.82) is 0 Å². The molecule has 1 rings (SSSR count). The van der Waals surface area contributed by atoms with Crippen molar-refractivity contribution in [2.45, 2.75) is 16.6 Å². The summed E-state index contributed by atoms with van der Waals surface area (Å²) in [5.74, 6) is -0.0260. The molecule has 2 nitrogen and oxygen atoms in total. The fraction of sp³-hybridized carbons (Fsp3) is 0.300. The first-order valence-electron chi connectivity index (χ1n) is 4.22. The summed E-state index contributed by atoms with van der Waals surface area (Å²) in [6.07, 6.45) is 2.02. The predicted octanol–water partition coefficient (Wildman–Crippen LogP) is 3.13. The molecule has 1 atom stereocenters. The Morgan fingerprint density at radius 2 is 2.00 bits per heavy atom. The van der Waals surface area contributed by atoms with E-state index in [0.29, 0.717) is 0 Å². The molecule has 4 heteroatoms. The second-order valence-electron chi connectivity index (χ2n) is 2.83. The van der Waals surface area contributed by atoms with Crippen molar-refractivity contribution in [3.8, 4) is 0 Å². The van der Waals surface area contributed by atoms with E-state index in [4.69, 9.17) is 0 Å². The normalized spacial score (nSPS) is 12.2. The lowest BCUT2D eigenvalue weighted by Gasteiger charge is -2.06. The molecule has 1 aromatic carbocycles. The third-order valence-electron chi connectivity index (χ3n) is 1.72. The van der Waals surface area contributed by atoms with Gasteiger partial charge in [-0.1, -0.05) is 15.9 Å². The molecule has 0 aliphatic carbocycles. The highest BCUT2D eigenvalue weighted by Crippen LogP contribution is 2.17. The summed E-state index contributed by atoms with van der Waals surface area (Å²) in [6.45, 7) is 1.80. The van der Waals surface area contributed by atoms with Gasteiger partial charge in [-0.05, 0) is 37.4 Å². The zero-order valence-electron chi connectivity index (χ0n) is 8.08. The number of anilines is 1. The summed E-state index contributed by atoms with van der Waals surface area (Å²) >= 11 is 4.89. The largest absolute Gasteiger partial charge is 0.325 e. The number of benzene rings is 1. The van der Waals surface area contributed by atoms with E-state index in [-0.39, 0.29) is 10.7 Å². The second-order valence-corrected chi connectivity index (χ2v) is 5.09. The molecule has 0 aliphatic heterocycles. The van der Waals surface area contributed by atoms with Gasteiger partial charge < -0.3 is 5.32 Å². The maximum absolute atomic E-state index is 11.3. The van der Waals surface area contributed by atoms with Gasteiger partial charge >= 0.3 is 0 Å². The Bertz CT molecular complexity index is 310. The quantitative estimate of drug-likeness (QED) is 0.677. The van der Waals surface area contributed by atoms with Crippen LogP contribution < -0.4 is 5.32 Å². The van der Waals surface area contributed by atoms with E-state index >= 15 is 0 Å².